The van der Waals surface area contributed by atoms with Gasteiger partial charge in [0.25, 0.3) is 0 Å². The molecule has 0 amide bonds. The first-order chi connectivity index (χ1) is 44.6. The Bertz CT molecular complexity index is 2840. The molecule has 0 saturated carbocycles. The van der Waals surface area contributed by atoms with E-state index in [9.17, 15) is 0 Å². The molecule has 92 heavy (non-hydrogen) atoms. The second kappa shape index (κ2) is 38.8. The van der Waals surface area contributed by atoms with Crippen LogP contribution in [0.4, 0.5) is 0 Å². The quantitative estimate of drug-likeness (QED) is 0.136. The van der Waals surface area contributed by atoms with Crippen LogP contribution in [0.15, 0.2) is 273 Å². The summed E-state index contributed by atoms with van der Waals surface area (Å²) in [6, 6.07) is 94.1. The van der Waals surface area contributed by atoms with Gasteiger partial charge in [-0.3, -0.25) is 0 Å². The Balaban J connectivity index is 0.000000152. The molecule has 0 aromatic heterocycles. The number of hydrogen-bond donors (Lipinski definition) is 0. The molecule has 4 saturated heterocycles. The van der Waals surface area contributed by atoms with Crippen molar-refractivity contribution in [2.45, 2.75) is 29.3 Å². The van der Waals surface area contributed by atoms with Crippen LogP contribution in [0.2, 0.25) is 0 Å². The third kappa shape index (κ3) is 20.7. The predicted molar refractivity (Wildman–Crippen MR) is 367 cm³/mol. The smallest absolute Gasteiger partial charge is 0 e. The van der Waals surface area contributed by atoms with Gasteiger partial charge in [-0.1, -0.05) is 35.9 Å². The summed E-state index contributed by atoms with van der Waals surface area (Å²) in [4.78, 5) is 9.13. The fourth-order valence-electron chi connectivity index (χ4n) is 11.4. The first kappa shape index (κ1) is 73.1. The van der Waals surface area contributed by atoms with E-state index < -0.39 is 86.8 Å². The van der Waals surface area contributed by atoms with Gasteiger partial charge in [-0.05, 0) is 6.92 Å². The van der Waals surface area contributed by atoms with Crippen molar-refractivity contribution in [3.8, 4) is 0 Å². The minimum Gasteiger partial charge on any atom is -0.0622 e. The molecule has 4 fully saturated rings. The molecule has 4 aliphatic heterocycles. The minimum absolute atomic E-state index is 0. The Morgan fingerprint density at radius 2 is 0.402 bits per heavy atom. The topological polar surface area (TPSA) is 86.8 Å². The van der Waals surface area contributed by atoms with Gasteiger partial charge in [-0.25, -0.2) is 0 Å². The Kier molecular flexibility index (Phi) is 30.8. The monoisotopic (exact) mass is 1570 g/mol. The van der Waals surface area contributed by atoms with E-state index in [4.69, 9.17) is 30.1 Å². The van der Waals surface area contributed by atoms with E-state index >= 15 is 0 Å². The van der Waals surface area contributed by atoms with Crippen molar-refractivity contribution in [1.82, 2.24) is 19.6 Å². The van der Waals surface area contributed by atoms with Gasteiger partial charge in [0, 0.05) is 20.4 Å². The normalized spacial score (nSPS) is 18.6. The number of benzene rings is 9. The third-order valence-corrected chi connectivity index (χ3v) is 22.6. The zero-order chi connectivity index (χ0) is 63.3. The van der Waals surface area contributed by atoms with Crippen LogP contribution in [-0.2, 0) is 72.9 Å². The molecule has 4 heterocycles. The van der Waals surface area contributed by atoms with Gasteiger partial charge >= 0.3 is 531 Å². The fourth-order valence-corrected chi connectivity index (χ4v) is 17.1. The molecule has 478 valence electrons. The SMILES string of the molecule is CN1CC[O][Ge][O]C(c2ccccc2)(c2ccccc2)C1.CN1CC[O][Ge][O]C(c2ccccc2)(c2ccccc2)C1.CN1CC[O][Ge][O]C(c2ccccc2)(c2ccccc2)C1.CN1CC[O][Ge][O]C(c2ccccc2)(c2ccccc2)C1.Cc1ccccc1.[Pd]. The third-order valence-electron chi connectivity index (χ3n) is 16.2. The van der Waals surface area contributed by atoms with Gasteiger partial charge in [0.2, 0.25) is 0 Å². The number of aryl methyl sites for hydroxylation is 1. The summed E-state index contributed by atoms with van der Waals surface area (Å²) in [6.07, 6.45) is 0. The number of likely N-dealkylation sites (N-methyl/N-ethyl adjacent to an activating group) is 4. The first-order valence-electron chi connectivity index (χ1n) is 31.0. The molecule has 9 aromatic carbocycles. The van der Waals surface area contributed by atoms with Crippen LogP contribution in [0.3, 0.4) is 0 Å². The van der Waals surface area contributed by atoms with E-state index in [1.54, 1.807) is 0 Å². The molecule has 8 radical (unpaired) electrons. The van der Waals surface area contributed by atoms with Crippen LogP contribution >= 0.6 is 0 Å². The second-order valence-electron chi connectivity index (χ2n) is 23.0. The minimum atomic E-state index is -0.859. The van der Waals surface area contributed by atoms with E-state index in [2.05, 4.69) is 261 Å². The first-order valence-corrected chi connectivity index (χ1v) is 37.9. The van der Waals surface area contributed by atoms with Crippen molar-refractivity contribution in [2.24, 2.45) is 0 Å². The molecule has 13 rings (SSSR count). The van der Waals surface area contributed by atoms with Gasteiger partial charge in [-0.2, -0.15) is 0 Å². The summed E-state index contributed by atoms with van der Waals surface area (Å²) >= 11 is -3.44. The van der Waals surface area contributed by atoms with Crippen LogP contribution in [0, 0.1) is 6.92 Å². The largest absolute Gasteiger partial charge is 0.0622 e. The molecule has 9 aromatic rings. The Hall–Kier alpha value is -4.67. The van der Waals surface area contributed by atoms with E-state index in [0.717, 1.165) is 78.8 Å². The van der Waals surface area contributed by atoms with Crippen LogP contribution in [0.25, 0.3) is 0 Å². The van der Waals surface area contributed by atoms with Gasteiger partial charge in [0.15, 0.2) is 0 Å². The predicted octanol–water partition coefficient (Wildman–Crippen LogP) is 11.8. The van der Waals surface area contributed by atoms with Gasteiger partial charge < -0.3 is 0 Å². The molecule has 12 nitrogen and oxygen atoms in total. The zero-order valence-electron chi connectivity index (χ0n) is 53.3. The molecule has 0 atom stereocenters. The average molecular weight is 1570 g/mol. The standard InChI is InChI=1S/4C17H19GeNO2.C7H8.Pd/c4*1-19-12-13-20-18-21-17(14-19,15-8-4-2-5-9-15)16-10-6-3-7-11-16;1-7-5-3-2-4-6-7;/h4*2-11H,12-14H2,1H3;2-6H,1H3;. The fraction of sp³-hybridized carbons (Fsp3) is 0.280. The van der Waals surface area contributed by atoms with Crippen molar-refractivity contribution in [2.75, 3.05) is 107 Å². The van der Waals surface area contributed by atoms with Crippen molar-refractivity contribution < 1.29 is 50.5 Å². The van der Waals surface area contributed by atoms with Gasteiger partial charge in [-0.15, -0.1) is 0 Å². The maximum Gasteiger partial charge on any atom is 0 e. The summed E-state index contributed by atoms with van der Waals surface area (Å²) in [5, 5.41) is 0. The Morgan fingerprint density at radius 3 is 0.543 bits per heavy atom. The number of hydrogen-bond acceptors (Lipinski definition) is 12. The van der Waals surface area contributed by atoms with Crippen molar-refractivity contribution in [1.29, 1.82) is 0 Å². The van der Waals surface area contributed by atoms with E-state index in [1.807, 2.05) is 66.7 Å². The Labute approximate surface area is 588 Å². The molecule has 0 unspecified atom stereocenters. The van der Waals surface area contributed by atoms with Gasteiger partial charge in [0.1, 0.15) is 0 Å². The van der Waals surface area contributed by atoms with E-state index in [1.165, 1.54) is 50.1 Å². The van der Waals surface area contributed by atoms with Crippen molar-refractivity contribution in [3.63, 3.8) is 0 Å². The summed E-state index contributed by atoms with van der Waals surface area (Å²) < 4.78 is 48.3. The molecule has 0 aliphatic carbocycles. The maximum absolute atomic E-state index is 6.37. The molecule has 4 aliphatic rings. The molecule has 0 spiro atoms. The summed E-state index contributed by atoms with van der Waals surface area (Å²) in [6.45, 7) is 12.2. The average Bonchev–Trinajstić information content (AvgIpc) is 0.861. The maximum atomic E-state index is 6.37. The summed E-state index contributed by atoms with van der Waals surface area (Å²) in [7, 11) is 8.49. The van der Waals surface area contributed by atoms with Gasteiger partial charge in [0.05, 0.1) is 0 Å². The molecule has 17 heteroatoms. The molecule has 0 bridgehead atoms. The zero-order valence-corrected chi connectivity index (χ0v) is 63.3. The van der Waals surface area contributed by atoms with Crippen molar-refractivity contribution in [3.05, 3.63) is 323 Å². The number of nitrogens with zero attached hydrogens (tertiary/aromatic N) is 4. The van der Waals surface area contributed by atoms with Crippen LogP contribution in [-0.4, -0.2) is 191 Å². The molecular formula is C75H84Ge4N4O8Pd. The summed E-state index contributed by atoms with van der Waals surface area (Å²) in [5.74, 6) is 0. The van der Waals surface area contributed by atoms with Crippen molar-refractivity contribution >= 4 is 64.4 Å². The van der Waals surface area contributed by atoms with E-state index in [0.29, 0.717) is 0 Å². The van der Waals surface area contributed by atoms with E-state index in [-0.39, 0.29) is 20.4 Å². The summed E-state index contributed by atoms with van der Waals surface area (Å²) in [5.41, 5.74) is 9.13. The number of rotatable bonds is 8. The second-order valence-corrected chi connectivity index (χ2v) is 28.5. The molecule has 0 N–H and O–H groups in total. The van der Waals surface area contributed by atoms with Crippen LogP contribution in [0.1, 0.15) is 50.1 Å². The molecular weight excluding hydrogens is 1480 g/mol. The Morgan fingerprint density at radius 1 is 0.250 bits per heavy atom. The van der Waals surface area contributed by atoms with Crippen LogP contribution < -0.4 is 0 Å². The van der Waals surface area contributed by atoms with Crippen LogP contribution in [0.5, 0.6) is 0 Å².